The fourth-order valence-electron chi connectivity index (χ4n) is 1.38. The Morgan fingerprint density at radius 1 is 1.39 bits per heavy atom. The van der Waals surface area contributed by atoms with Crippen molar-refractivity contribution in [2.75, 3.05) is 5.43 Å². The van der Waals surface area contributed by atoms with E-state index >= 15 is 0 Å². The molecule has 92 valence electrons. The van der Waals surface area contributed by atoms with Gasteiger partial charge in [0.05, 0.1) is 16.8 Å². The fourth-order valence-corrected chi connectivity index (χ4v) is 2.13. The average molecular weight is 261 g/mol. The Morgan fingerprint density at radius 2 is 2.22 bits per heavy atom. The minimum Gasteiger partial charge on any atom is -0.278 e. The molecule has 0 atom stereocenters. The molecule has 0 spiro atoms. The standard InChI is InChI=1S/C12H11N3O2S/c1-9-5-6-12(18-9)8-13-14-10-3-2-4-11(7-10)15(16)17/h2-8,14H,1H3/b13-8+. The van der Waals surface area contributed by atoms with Crippen molar-refractivity contribution in [2.45, 2.75) is 6.92 Å². The third-order valence-electron chi connectivity index (χ3n) is 2.20. The molecule has 1 aromatic heterocycles. The first-order valence-electron chi connectivity index (χ1n) is 5.25. The lowest BCUT2D eigenvalue weighted by Gasteiger charge is -1.98. The molecule has 0 saturated heterocycles. The molecular formula is C12H11N3O2S. The van der Waals surface area contributed by atoms with Gasteiger partial charge in [-0.1, -0.05) is 6.07 Å². The monoisotopic (exact) mass is 261 g/mol. The quantitative estimate of drug-likeness (QED) is 0.521. The zero-order chi connectivity index (χ0) is 13.0. The van der Waals surface area contributed by atoms with Gasteiger partial charge >= 0.3 is 0 Å². The van der Waals surface area contributed by atoms with E-state index in [1.807, 2.05) is 19.1 Å². The summed E-state index contributed by atoms with van der Waals surface area (Å²) in [5.41, 5.74) is 3.40. The van der Waals surface area contributed by atoms with Gasteiger partial charge in [0.25, 0.3) is 5.69 Å². The number of nitro benzene ring substituents is 1. The van der Waals surface area contributed by atoms with Crippen molar-refractivity contribution in [3.63, 3.8) is 0 Å². The smallest absolute Gasteiger partial charge is 0.271 e. The molecule has 1 aromatic carbocycles. The largest absolute Gasteiger partial charge is 0.278 e. The summed E-state index contributed by atoms with van der Waals surface area (Å²) in [6, 6.07) is 10.2. The second-order valence-corrected chi connectivity index (χ2v) is 4.95. The van der Waals surface area contributed by atoms with Gasteiger partial charge in [-0.15, -0.1) is 11.3 Å². The van der Waals surface area contributed by atoms with Crippen LogP contribution in [-0.2, 0) is 0 Å². The lowest BCUT2D eigenvalue weighted by atomic mass is 10.3. The molecule has 0 saturated carbocycles. The van der Waals surface area contributed by atoms with Crippen molar-refractivity contribution < 1.29 is 4.92 Å². The molecular weight excluding hydrogens is 250 g/mol. The van der Waals surface area contributed by atoms with Crippen LogP contribution in [0.25, 0.3) is 0 Å². The van der Waals surface area contributed by atoms with Gasteiger partial charge in [-0.25, -0.2) is 0 Å². The highest BCUT2D eigenvalue weighted by Crippen LogP contribution is 2.17. The zero-order valence-corrected chi connectivity index (χ0v) is 10.5. The molecule has 0 fully saturated rings. The summed E-state index contributed by atoms with van der Waals surface area (Å²) >= 11 is 1.63. The van der Waals surface area contributed by atoms with Crippen molar-refractivity contribution in [2.24, 2.45) is 5.10 Å². The van der Waals surface area contributed by atoms with Gasteiger partial charge in [0.1, 0.15) is 0 Å². The summed E-state index contributed by atoms with van der Waals surface area (Å²) < 4.78 is 0. The van der Waals surface area contributed by atoms with Crippen LogP contribution in [0.15, 0.2) is 41.5 Å². The maximum absolute atomic E-state index is 10.6. The van der Waals surface area contributed by atoms with E-state index in [0.717, 1.165) is 4.88 Å². The van der Waals surface area contributed by atoms with Crippen LogP contribution in [0.2, 0.25) is 0 Å². The summed E-state index contributed by atoms with van der Waals surface area (Å²) in [6.45, 7) is 2.02. The summed E-state index contributed by atoms with van der Waals surface area (Å²) in [6.07, 6.45) is 1.69. The van der Waals surface area contributed by atoms with Crippen LogP contribution in [-0.4, -0.2) is 11.1 Å². The third-order valence-corrected chi connectivity index (χ3v) is 3.14. The molecule has 0 unspecified atom stereocenters. The molecule has 0 radical (unpaired) electrons. The zero-order valence-electron chi connectivity index (χ0n) is 9.66. The minimum atomic E-state index is -0.433. The molecule has 2 aromatic rings. The molecule has 0 aliphatic heterocycles. The fraction of sp³-hybridized carbons (Fsp3) is 0.0833. The predicted molar refractivity (Wildman–Crippen MR) is 73.4 cm³/mol. The van der Waals surface area contributed by atoms with Crippen LogP contribution >= 0.6 is 11.3 Å². The van der Waals surface area contributed by atoms with Gasteiger partial charge < -0.3 is 0 Å². The molecule has 0 bridgehead atoms. The van der Waals surface area contributed by atoms with Gasteiger partial charge in [-0.05, 0) is 25.1 Å². The first-order chi connectivity index (χ1) is 8.65. The number of hydrogen-bond donors (Lipinski definition) is 1. The van der Waals surface area contributed by atoms with Gasteiger partial charge in [-0.2, -0.15) is 5.10 Å². The highest BCUT2D eigenvalue weighted by atomic mass is 32.1. The Kier molecular flexibility index (Phi) is 3.69. The second kappa shape index (κ2) is 5.42. The number of hydrogen-bond acceptors (Lipinski definition) is 5. The average Bonchev–Trinajstić information content (AvgIpc) is 2.75. The SMILES string of the molecule is Cc1ccc(/C=N/Nc2cccc([N+](=O)[O-])c2)s1. The Balaban J connectivity index is 2.04. The van der Waals surface area contributed by atoms with Crippen LogP contribution in [0.3, 0.4) is 0 Å². The highest BCUT2D eigenvalue weighted by Gasteiger charge is 2.04. The van der Waals surface area contributed by atoms with Gasteiger partial charge in [0.2, 0.25) is 0 Å². The lowest BCUT2D eigenvalue weighted by molar-refractivity contribution is -0.384. The number of hydrazone groups is 1. The van der Waals surface area contributed by atoms with Crippen LogP contribution in [0.1, 0.15) is 9.75 Å². The van der Waals surface area contributed by atoms with Crippen molar-refractivity contribution in [3.8, 4) is 0 Å². The van der Waals surface area contributed by atoms with E-state index in [0.29, 0.717) is 5.69 Å². The molecule has 0 amide bonds. The topological polar surface area (TPSA) is 67.5 Å². The number of nitrogens with one attached hydrogen (secondary N) is 1. The van der Waals surface area contributed by atoms with Crippen LogP contribution in [0, 0.1) is 17.0 Å². The molecule has 0 aliphatic rings. The van der Waals surface area contributed by atoms with Crippen LogP contribution in [0.5, 0.6) is 0 Å². The van der Waals surface area contributed by atoms with Crippen molar-refractivity contribution in [3.05, 3.63) is 56.3 Å². The van der Waals surface area contributed by atoms with E-state index in [1.165, 1.54) is 17.0 Å². The number of non-ortho nitro benzene ring substituents is 1. The number of benzene rings is 1. The number of anilines is 1. The number of rotatable bonds is 4. The van der Waals surface area contributed by atoms with E-state index in [2.05, 4.69) is 10.5 Å². The molecule has 0 aliphatic carbocycles. The van der Waals surface area contributed by atoms with Crippen molar-refractivity contribution >= 4 is 28.9 Å². The minimum absolute atomic E-state index is 0.0437. The lowest BCUT2D eigenvalue weighted by Crippen LogP contribution is -1.92. The number of nitro groups is 1. The third kappa shape index (κ3) is 3.14. The highest BCUT2D eigenvalue weighted by molar-refractivity contribution is 7.13. The summed E-state index contributed by atoms with van der Waals surface area (Å²) in [7, 11) is 0. The predicted octanol–water partition coefficient (Wildman–Crippen LogP) is 3.41. The van der Waals surface area contributed by atoms with Gasteiger partial charge in [-0.3, -0.25) is 15.5 Å². The molecule has 18 heavy (non-hydrogen) atoms. The first-order valence-corrected chi connectivity index (χ1v) is 6.07. The number of nitrogens with zero attached hydrogens (tertiary/aromatic N) is 2. The maximum Gasteiger partial charge on any atom is 0.271 e. The molecule has 2 rings (SSSR count). The van der Waals surface area contributed by atoms with Crippen LogP contribution in [0.4, 0.5) is 11.4 Å². The Bertz CT molecular complexity index is 593. The van der Waals surface area contributed by atoms with Crippen molar-refractivity contribution in [1.29, 1.82) is 0 Å². The molecule has 5 nitrogen and oxygen atoms in total. The molecule has 1 N–H and O–H groups in total. The van der Waals surface area contributed by atoms with E-state index in [9.17, 15) is 10.1 Å². The van der Waals surface area contributed by atoms with Gasteiger partial charge in [0, 0.05) is 21.9 Å². The number of aryl methyl sites for hydroxylation is 1. The Morgan fingerprint density at radius 3 is 2.89 bits per heavy atom. The van der Waals surface area contributed by atoms with E-state index in [-0.39, 0.29) is 5.69 Å². The second-order valence-electron chi connectivity index (χ2n) is 3.63. The Hall–Kier alpha value is -2.21. The Labute approximate surface area is 108 Å². The number of thiophene rings is 1. The van der Waals surface area contributed by atoms with Crippen molar-refractivity contribution in [1.82, 2.24) is 0 Å². The summed E-state index contributed by atoms with van der Waals surface area (Å²) in [4.78, 5) is 12.4. The van der Waals surface area contributed by atoms with Gasteiger partial charge in [0.15, 0.2) is 0 Å². The van der Waals surface area contributed by atoms with E-state index in [4.69, 9.17) is 0 Å². The summed E-state index contributed by atoms with van der Waals surface area (Å²) in [5.74, 6) is 0. The van der Waals surface area contributed by atoms with E-state index in [1.54, 1.807) is 29.7 Å². The normalized spacial score (nSPS) is 10.7. The molecule has 1 heterocycles. The van der Waals surface area contributed by atoms with Crippen LogP contribution < -0.4 is 5.43 Å². The maximum atomic E-state index is 10.6. The molecule has 6 heteroatoms. The first kappa shape index (κ1) is 12.3. The summed E-state index contributed by atoms with van der Waals surface area (Å²) in [5, 5.41) is 14.6. The van der Waals surface area contributed by atoms with E-state index < -0.39 is 4.92 Å².